The predicted octanol–water partition coefficient (Wildman–Crippen LogP) is 4.48. The summed E-state index contributed by atoms with van der Waals surface area (Å²) in [7, 11) is -1.26. The number of furan rings is 1. The topological polar surface area (TPSA) is 142 Å². The highest BCUT2D eigenvalue weighted by Crippen LogP contribution is 2.22. The molecule has 11 nitrogen and oxygen atoms in total. The van der Waals surface area contributed by atoms with Gasteiger partial charge in [-0.05, 0) is 60.7 Å². The normalized spacial score (nSPS) is 11.0. The van der Waals surface area contributed by atoms with E-state index in [0.717, 1.165) is 4.47 Å². The van der Waals surface area contributed by atoms with Gasteiger partial charge >= 0.3 is 6.01 Å². The number of methoxy groups -OCH3 is 2. The number of halogens is 1. The third-order valence-corrected chi connectivity index (χ3v) is 6.71. The minimum atomic E-state index is -3.99. The third kappa shape index (κ3) is 6.77. The summed E-state index contributed by atoms with van der Waals surface area (Å²) in [6.45, 7) is 0.151. The van der Waals surface area contributed by atoms with Crippen LogP contribution >= 0.6 is 15.9 Å². The molecule has 4 aromatic rings. The van der Waals surface area contributed by atoms with Gasteiger partial charge in [0.1, 0.15) is 18.1 Å². The molecule has 37 heavy (non-hydrogen) atoms. The molecule has 2 aromatic carbocycles. The van der Waals surface area contributed by atoms with E-state index in [9.17, 15) is 13.2 Å². The number of hydrogen-bond donors (Lipinski definition) is 2. The lowest BCUT2D eigenvalue weighted by atomic mass is 10.3. The second-order valence-electron chi connectivity index (χ2n) is 7.37. The number of anilines is 2. The van der Waals surface area contributed by atoms with Gasteiger partial charge in [0.15, 0.2) is 11.6 Å². The second-order valence-corrected chi connectivity index (χ2v) is 9.97. The molecule has 13 heteroatoms. The van der Waals surface area contributed by atoms with Crippen molar-refractivity contribution in [2.24, 2.45) is 0 Å². The quantitative estimate of drug-likeness (QED) is 0.274. The molecule has 0 aliphatic rings. The van der Waals surface area contributed by atoms with Crippen molar-refractivity contribution in [2.75, 3.05) is 24.3 Å². The van der Waals surface area contributed by atoms with Crippen LogP contribution in [0, 0.1) is 0 Å². The standard InChI is InChI=1S/C24H21BrN4O7S/c1-33-22-13-21(27-24(28-22)34-2)29-37(31,32)19-10-5-16(6-11-19)26-23(30)20-12-9-18(36-20)14-35-17-7-3-15(25)4-8-17/h3-13H,14H2,1-2H3,(H,26,30)(H,27,28,29). The Morgan fingerprint density at radius 2 is 1.70 bits per heavy atom. The summed E-state index contributed by atoms with van der Waals surface area (Å²) in [6, 6.07) is 17.3. The smallest absolute Gasteiger partial charge is 0.321 e. The summed E-state index contributed by atoms with van der Waals surface area (Å²) in [5, 5.41) is 2.66. The molecule has 4 rings (SSSR count). The lowest BCUT2D eigenvalue weighted by Crippen LogP contribution is -2.15. The number of hydrogen-bond acceptors (Lipinski definition) is 9. The number of carbonyl (C=O) groups excluding carboxylic acids is 1. The molecule has 1 amide bonds. The van der Waals surface area contributed by atoms with Gasteiger partial charge in [0.2, 0.25) is 5.88 Å². The van der Waals surface area contributed by atoms with Gasteiger partial charge in [0, 0.05) is 16.2 Å². The van der Waals surface area contributed by atoms with Crippen LogP contribution in [0.25, 0.3) is 0 Å². The Labute approximate surface area is 221 Å². The minimum Gasteiger partial charge on any atom is -0.486 e. The first kappa shape index (κ1) is 26.0. The van der Waals surface area contributed by atoms with Gasteiger partial charge in [-0.15, -0.1) is 0 Å². The number of nitrogens with zero attached hydrogens (tertiary/aromatic N) is 2. The Hall–Kier alpha value is -4.10. The van der Waals surface area contributed by atoms with E-state index in [2.05, 4.69) is 35.9 Å². The van der Waals surface area contributed by atoms with E-state index >= 15 is 0 Å². The summed E-state index contributed by atoms with van der Waals surface area (Å²) in [4.78, 5) is 20.4. The predicted molar refractivity (Wildman–Crippen MR) is 138 cm³/mol. The molecule has 192 valence electrons. The molecule has 0 atom stereocenters. The highest BCUT2D eigenvalue weighted by Gasteiger charge is 2.18. The zero-order valence-electron chi connectivity index (χ0n) is 19.6. The van der Waals surface area contributed by atoms with E-state index in [1.807, 2.05) is 12.1 Å². The molecule has 0 spiro atoms. The number of nitrogens with one attached hydrogen (secondary N) is 2. The lowest BCUT2D eigenvalue weighted by Gasteiger charge is -2.10. The van der Waals surface area contributed by atoms with Crippen LogP contribution in [0.3, 0.4) is 0 Å². The first-order valence-corrected chi connectivity index (χ1v) is 12.9. The van der Waals surface area contributed by atoms with Crippen LogP contribution in [0.2, 0.25) is 0 Å². The van der Waals surface area contributed by atoms with Crippen molar-refractivity contribution in [1.29, 1.82) is 0 Å². The van der Waals surface area contributed by atoms with Crippen LogP contribution in [-0.4, -0.2) is 38.5 Å². The number of carbonyl (C=O) groups is 1. The first-order chi connectivity index (χ1) is 17.8. The summed E-state index contributed by atoms with van der Waals surface area (Å²) in [6.07, 6.45) is 0. The molecule has 0 fully saturated rings. The van der Waals surface area contributed by atoms with Gasteiger partial charge in [0.25, 0.3) is 15.9 Å². The molecule has 0 unspecified atom stereocenters. The number of ether oxygens (including phenoxy) is 3. The monoisotopic (exact) mass is 588 g/mol. The Balaban J connectivity index is 1.37. The van der Waals surface area contributed by atoms with Gasteiger partial charge in [-0.3, -0.25) is 9.52 Å². The molecular weight excluding hydrogens is 568 g/mol. The Morgan fingerprint density at radius 1 is 0.973 bits per heavy atom. The largest absolute Gasteiger partial charge is 0.486 e. The highest BCUT2D eigenvalue weighted by molar-refractivity contribution is 9.10. The van der Waals surface area contributed by atoms with Crippen LogP contribution in [0.15, 0.2) is 80.5 Å². The molecule has 0 radical (unpaired) electrons. The van der Waals surface area contributed by atoms with Gasteiger partial charge in [-0.2, -0.15) is 9.97 Å². The second kappa shape index (κ2) is 11.3. The number of rotatable bonds is 10. The van der Waals surface area contributed by atoms with Gasteiger partial charge in [-0.1, -0.05) is 15.9 Å². The number of benzene rings is 2. The maximum atomic E-state index is 12.8. The van der Waals surface area contributed by atoms with Crippen molar-refractivity contribution in [3.05, 3.63) is 82.7 Å². The van der Waals surface area contributed by atoms with Crippen LogP contribution in [-0.2, 0) is 16.6 Å². The van der Waals surface area contributed by atoms with Crippen molar-refractivity contribution < 1.29 is 31.8 Å². The van der Waals surface area contributed by atoms with Crippen LogP contribution in [0.5, 0.6) is 17.6 Å². The molecule has 0 aliphatic carbocycles. The van der Waals surface area contributed by atoms with Crippen LogP contribution in [0.1, 0.15) is 16.3 Å². The summed E-state index contributed by atoms with van der Waals surface area (Å²) in [5.74, 6) is 0.817. The summed E-state index contributed by atoms with van der Waals surface area (Å²) in [5.41, 5.74) is 0.374. The summed E-state index contributed by atoms with van der Waals surface area (Å²) >= 11 is 3.36. The van der Waals surface area contributed by atoms with E-state index < -0.39 is 15.9 Å². The average Bonchev–Trinajstić information content (AvgIpc) is 3.37. The van der Waals surface area contributed by atoms with Crippen molar-refractivity contribution in [2.45, 2.75) is 11.5 Å². The van der Waals surface area contributed by atoms with Crippen molar-refractivity contribution in [3.63, 3.8) is 0 Å². The maximum absolute atomic E-state index is 12.8. The number of amides is 1. The molecule has 2 heterocycles. The van der Waals surface area contributed by atoms with Gasteiger partial charge < -0.3 is 23.9 Å². The third-order valence-electron chi connectivity index (χ3n) is 4.82. The lowest BCUT2D eigenvalue weighted by molar-refractivity contribution is 0.0992. The van der Waals surface area contributed by atoms with Gasteiger partial charge in [0.05, 0.1) is 19.1 Å². The molecule has 0 saturated carbocycles. The fraction of sp³-hybridized carbons (Fsp3) is 0.125. The Kier molecular flexibility index (Phi) is 7.94. The van der Waals surface area contributed by atoms with Crippen molar-refractivity contribution in [1.82, 2.24) is 9.97 Å². The van der Waals surface area contributed by atoms with Crippen molar-refractivity contribution >= 4 is 43.4 Å². The van der Waals surface area contributed by atoms with Crippen LogP contribution in [0.4, 0.5) is 11.5 Å². The SMILES string of the molecule is COc1cc(NS(=O)(=O)c2ccc(NC(=O)c3ccc(COc4ccc(Br)cc4)o3)cc2)nc(OC)n1. The molecule has 0 bridgehead atoms. The molecular formula is C24H21BrN4O7S. The molecule has 2 N–H and O–H groups in total. The fourth-order valence-corrected chi connectivity index (χ4v) is 4.28. The first-order valence-electron chi connectivity index (χ1n) is 10.6. The maximum Gasteiger partial charge on any atom is 0.321 e. The molecule has 2 aromatic heterocycles. The minimum absolute atomic E-state index is 0.0289. The number of sulfonamides is 1. The van der Waals surface area contributed by atoms with Gasteiger partial charge in [-0.25, -0.2) is 8.42 Å². The number of aromatic nitrogens is 2. The van der Waals surface area contributed by atoms with Crippen LogP contribution < -0.4 is 24.2 Å². The van der Waals surface area contributed by atoms with E-state index in [0.29, 0.717) is 17.2 Å². The fourth-order valence-electron chi connectivity index (χ4n) is 3.02. The highest BCUT2D eigenvalue weighted by atomic mass is 79.9. The zero-order chi connectivity index (χ0) is 26.4. The molecule has 0 aliphatic heterocycles. The Bertz CT molecular complexity index is 1470. The van der Waals surface area contributed by atoms with E-state index in [1.165, 1.54) is 50.6 Å². The van der Waals surface area contributed by atoms with Crippen molar-refractivity contribution in [3.8, 4) is 17.6 Å². The van der Waals surface area contributed by atoms with E-state index in [-0.39, 0.29) is 35.0 Å². The average molecular weight is 589 g/mol. The Morgan fingerprint density at radius 3 is 2.38 bits per heavy atom. The summed E-state index contributed by atoms with van der Waals surface area (Å²) < 4.78 is 50.0. The molecule has 0 saturated heterocycles. The zero-order valence-corrected chi connectivity index (χ0v) is 22.0. The van der Waals surface area contributed by atoms with E-state index in [4.69, 9.17) is 18.6 Å². The van der Waals surface area contributed by atoms with E-state index in [1.54, 1.807) is 18.2 Å².